The SMILES string of the molecule is COc1ccc2nc(N(CCN3CCOCC3)C(=O)Cn3c(=O)oc4ccccc43)sc2c1. The van der Waals surface area contributed by atoms with E-state index in [9.17, 15) is 9.59 Å². The first-order valence-corrected chi connectivity index (χ1v) is 11.6. The fraction of sp³-hybridized carbons (Fsp3) is 0.348. The number of rotatable bonds is 7. The molecule has 1 amide bonds. The van der Waals surface area contributed by atoms with Crippen molar-refractivity contribution in [2.24, 2.45) is 0 Å². The summed E-state index contributed by atoms with van der Waals surface area (Å²) in [6, 6.07) is 12.7. The number of nitrogens with zero attached hydrogens (tertiary/aromatic N) is 4. The lowest BCUT2D eigenvalue weighted by atomic mass is 10.3. The molecule has 0 saturated carbocycles. The van der Waals surface area contributed by atoms with Gasteiger partial charge in [0.2, 0.25) is 5.91 Å². The molecule has 0 radical (unpaired) electrons. The first kappa shape index (κ1) is 21.6. The maximum atomic E-state index is 13.5. The van der Waals surface area contributed by atoms with Gasteiger partial charge in [-0.25, -0.2) is 9.78 Å². The van der Waals surface area contributed by atoms with Crippen molar-refractivity contribution in [2.75, 3.05) is 51.4 Å². The van der Waals surface area contributed by atoms with Crippen molar-refractivity contribution >= 4 is 43.7 Å². The molecule has 10 heteroatoms. The number of anilines is 1. The number of hydrogen-bond acceptors (Lipinski definition) is 8. The smallest absolute Gasteiger partial charge is 0.420 e. The van der Waals surface area contributed by atoms with Crippen LogP contribution >= 0.6 is 11.3 Å². The Morgan fingerprint density at radius 2 is 2.03 bits per heavy atom. The quantitative estimate of drug-likeness (QED) is 0.412. The van der Waals surface area contributed by atoms with E-state index in [1.165, 1.54) is 15.9 Å². The molecule has 1 fully saturated rings. The fourth-order valence-corrected chi connectivity index (χ4v) is 4.95. The third-order valence-electron chi connectivity index (χ3n) is 5.73. The summed E-state index contributed by atoms with van der Waals surface area (Å²) in [7, 11) is 1.62. The maximum absolute atomic E-state index is 13.5. The Morgan fingerprint density at radius 1 is 1.21 bits per heavy atom. The number of para-hydroxylation sites is 2. The van der Waals surface area contributed by atoms with Gasteiger partial charge in [0.25, 0.3) is 0 Å². The van der Waals surface area contributed by atoms with Gasteiger partial charge < -0.3 is 13.9 Å². The Kier molecular flexibility index (Phi) is 6.12. The number of carbonyl (C=O) groups excluding carboxylic acids is 1. The molecule has 2 aromatic carbocycles. The van der Waals surface area contributed by atoms with Gasteiger partial charge in [-0.1, -0.05) is 23.5 Å². The van der Waals surface area contributed by atoms with Gasteiger partial charge in [0.1, 0.15) is 12.3 Å². The molecule has 5 rings (SSSR count). The molecule has 2 aromatic heterocycles. The van der Waals surface area contributed by atoms with Crippen molar-refractivity contribution in [2.45, 2.75) is 6.54 Å². The van der Waals surface area contributed by atoms with Gasteiger partial charge in [-0.05, 0) is 30.3 Å². The van der Waals surface area contributed by atoms with Crippen LogP contribution in [0.15, 0.2) is 51.7 Å². The number of benzene rings is 2. The topological polar surface area (TPSA) is 90.0 Å². The number of methoxy groups -OCH3 is 1. The molecule has 3 heterocycles. The van der Waals surface area contributed by atoms with Crippen LogP contribution in [0.5, 0.6) is 5.75 Å². The summed E-state index contributed by atoms with van der Waals surface area (Å²) in [5, 5.41) is 0.595. The molecule has 1 aliphatic heterocycles. The summed E-state index contributed by atoms with van der Waals surface area (Å²) in [5.41, 5.74) is 1.85. The molecule has 0 spiro atoms. The number of thiazole rings is 1. The number of hydrogen-bond donors (Lipinski definition) is 0. The summed E-state index contributed by atoms with van der Waals surface area (Å²) in [6.07, 6.45) is 0. The second kappa shape index (κ2) is 9.34. The van der Waals surface area contributed by atoms with Gasteiger partial charge >= 0.3 is 5.76 Å². The Hall–Kier alpha value is -3.21. The highest BCUT2D eigenvalue weighted by molar-refractivity contribution is 7.22. The summed E-state index contributed by atoms with van der Waals surface area (Å²) in [4.78, 5) is 34.6. The maximum Gasteiger partial charge on any atom is 0.420 e. The van der Waals surface area contributed by atoms with Crippen molar-refractivity contribution in [1.29, 1.82) is 0 Å². The van der Waals surface area contributed by atoms with E-state index in [4.69, 9.17) is 18.9 Å². The number of ether oxygens (including phenoxy) is 2. The highest BCUT2D eigenvalue weighted by Crippen LogP contribution is 2.31. The van der Waals surface area contributed by atoms with Gasteiger partial charge in [0, 0.05) is 26.2 Å². The van der Waals surface area contributed by atoms with Crippen molar-refractivity contribution in [3.05, 3.63) is 53.0 Å². The molecular formula is C23H24N4O5S. The van der Waals surface area contributed by atoms with E-state index < -0.39 is 5.76 Å². The molecule has 0 atom stereocenters. The van der Waals surface area contributed by atoms with Crippen LogP contribution in [0.25, 0.3) is 21.3 Å². The average Bonchev–Trinajstić information content (AvgIpc) is 3.40. The first-order chi connectivity index (χ1) is 16.1. The Bertz CT molecular complexity index is 1340. The zero-order valence-corrected chi connectivity index (χ0v) is 19.0. The van der Waals surface area contributed by atoms with E-state index in [1.54, 1.807) is 30.2 Å². The van der Waals surface area contributed by atoms with Gasteiger partial charge in [-0.15, -0.1) is 0 Å². The van der Waals surface area contributed by atoms with E-state index >= 15 is 0 Å². The standard InChI is InChI=1S/C23H24N4O5S/c1-30-16-6-7-17-20(14-16)33-22(24-17)26(9-8-25-10-12-31-13-11-25)21(28)15-27-18-4-2-3-5-19(18)32-23(27)29/h2-7,14H,8-13,15H2,1H3. The molecule has 0 aliphatic carbocycles. The monoisotopic (exact) mass is 468 g/mol. The minimum absolute atomic E-state index is 0.127. The molecule has 0 N–H and O–H groups in total. The number of amides is 1. The van der Waals surface area contributed by atoms with Crippen LogP contribution in [0.3, 0.4) is 0 Å². The summed E-state index contributed by atoms with van der Waals surface area (Å²) in [5.74, 6) is -0.0324. The lowest BCUT2D eigenvalue weighted by Gasteiger charge is -2.29. The van der Waals surface area contributed by atoms with E-state index in [0.29, 0.717) is 42.5 Å². The van der Waals surface area contributed by atoms with Crippen LogP contribution in [-0.2, 0) is 16.1 Å². The Morgan fingerprint density at radius 3 is 2.85 bits per heavy atom. The molecule has 0 bridgehead atoms. The van der Waals surface area contributed by atoms with Crippen LogP contribution in [0, 0.1) is 0 Å². The molecule has 1 aliphatic rings. The highest BCUT2D eigenvalue weighted by Gasteiger charge is 2.24. The number of oxazole rings is 1. The van der Waals surface area contributed by atoms with Crippen molar-refractivity contribution in [3.8, 4) is 5.75 Å². The Balaban J connectivity index is 1.45. The van der Waals surface area contributed by atoms with E-state index in [0.717, 1.165) is 29.1 Å². The number of aromatic nitrogens is 2. The normalized spacial score (nSPS) is 14.7. The van der Waals surface area contributed by atoms with Crippen LogP contribution in [-0.4, -0.2) is 66.9 Å². The number of fused-ring (bicyclic) bond motifs is 2. The van der Waals surface area contributed by atoms with E-state index in [-0.39, 0.29) is 12.5 Å². The molecule has 1 saturated heterocycles. The third kappa shape index (κ3) is 4.50. The predicted molar refractivity (Wildman–Crippen MR) is 126 cm³/mol. The van der Waals surface area contributed by atoms with Crippen molar-refractivity contribution in [3.63, 3.8) is 0 Å². The third-order valence-corrected chi connectivity index (χ3v) is 6.77. The van der Waals surface area contributed by atoms with Crippen LogP contribution in [0.1, 0.15) is 0 Å². The Labute approximate surface area is 193 Å². The van der Waals surface area contributed by atoms with Crippen molar-refractivity contribution in [1.82, 2.24) is 14.5 Å². The van der Waals surface area contributed by atoms with E-state index in [2.05, 4.69) is 4.90 Å². The first-order valence-electron chi connectivity index (χ1n) is 10.8. The van der Waals surface area contributed by atoms with Crippen LogP contribution in [0.2, 0.25) is 0 Å². The predicted octanol–water partition coefficient (Wildman–Crippen LogP) is 2.58. The average molecular weight is 469 g/mol. The van der Waals surface area contributed by atoms with Crippen molar-refractivity contribution < 1.29 is 18.7 Å². The van der Waals surface area contributed by atoms with E-state index in [1.807, 2.05) is 24.3 Å². The molecule has 33 heavy (non-hydrogen) atoms. The van der Waals surface area contributed by atoms with Gasteiger partial charge in [-0.3, -0.25) is 19.2 Å². The van der Waals surface area contributed by atoms with Crippen LogP contribution in [0.4, 0.5) is 5.13 Å². The molecule has 172 valence electrons. The zero-order chi connectivity index (χ0) is 22.8. The highest BCUT2D eigenvalue weighted by atomic mass is 32.1. The summed E-state index contributed by atoms with van der Waals surface area (Å²) in [6.45, 7) is 4.04. The van der Waals surface area contributed by atoms with Gasteiger partial charge in [-0.2, -0.15) is 0 Å². The minimum Gasteiger partial charge on any atom is -0.497 e. The summed E-state index contributed by atoms with van der Waals surface area (Å²) >= 11 is 1.43. The molecule has 9 nitrogen and oxygen atoms in total. The second-order valence-electron chi connectivity index (χ2n) is 7.75. The number of morpholine rings is 1. The van der Waals surface area contributed by atoms with Gasteiger partial charge in [0.15, 0.2) is 10.7 Å². The lowest BCUT2D eigenvalue weighted by Crippen LogP contribution is -2.44. The molecule has 4 aromatic rings. The zero-order valence-electron chi connectivity index (χ0n) is 18.2. The van der Waals surface area contributed by atoms with Crippen LogP contribution < -0.4 is 15.4 Å². The van der Waals surface area contributed by atoms with Gasteiger partial charge in [0.05, 0.1) is 36.1 Å². The number of carbonyl (C=O) groups is 1. The lowest BCUT2D eigenvalue weighted by molar-refractivity contribution is -0.119. The second-order valence-corrected chi connectivity index (χ2v) is 8.76. The summed E-state index contributed by atoms with van der Waals surface area (Å²) < 4.78 is 18.4. The fourth-order valence-electron chi connectivity index (χ4n) is 3.91. The minimum atomic E-state index is -0.549. The molecule has 0 unspecified atom stereocenters. The molecular weight excluding hydrogens is 444 g/mol. The largest absolute Gasteiger partial charge is 0.497 e.